The molecule has 3 atom stereocenters. The number of esters is 2. The van der Waals surface area contributed by atoms with Crippen molar-refractivity contribution in [3.05, 3.63) is 30.0 Å². The van der Waals surface area contributed by atoms with Crippen LogP contribution in [0, 0.1) is 23.7 Å². The smallest absolute Gasteiger partial charge is 0.377 e. The molecule has 2 heterocycles. The third kappa shape index (κ3) is 7.85. The molecule has 2 aromatic rings. The summed E-state index contributed by atoms with van der Waals surface area (Å²) in [5.74, 6) is -1.04. The number of nitrogens with zero attached hydrogens (tertiary/aromatic N) is 1. The van der Waals surface area contributed by atoms with Gasteiger partial charge in [-0.2, -0.15) is 0 Å². The first kappa shape index (κ1) is 32.9. The molecule has 0 radical (unpaired) electrons. The van der Waals surface area contributed by atoms with Gasteiger partial charge in [-0.25, -0.2) is 9.18 Å². The number of benzene rings is 1. The van der Waals surface area contributed by atoms with E-state index >= 15 is 0 Å². The van der Waals surface area contributed by atoms with Gasteiger partial charge >= 0.3 is 11.9 Å². The number of rotatable bonds is 11. The van der Waals surface area contributed by atoms with Gasteiger partial charge in [-0.3, -0.25) is 14.4 Å². The first-order chi connectivity index (χ1) is 21.8. The van der Waals surface area contributed by atoms with Crippen LogP contribution >= 0.6 is 0 Å². The molecular formula is C34H46FN3O7. The number of amides is 2. The molecule has 3 aliphatic rings. The maximum Gasteiger partial charge on any atom is 0.377 e. The van der Waals surface area contributed by atoms with E-state index in [0.717, 1.165) is 44.9 Å². The van der Waals surface area contributed by atoms with E-state index in [0.29, 0.717) is 48.4 Å². The largest absolute Gasteiger partial charge is 0.449 e. The number of carbonyl (C=O) groups is 4. The standard InChI is InChI=1S/C34H46FN3O7/c1-2-6-30(39)43-20-44-34(42)29-18-24-17-25(13-14-28(24)45-29)37-32(40)31-26(21-7-4-3-5-8-21)15-16-38(31)33(41)23-11-9-22(10-12-23)27(36)19-35/h13-14,17-18,21-23,26-27,31H,2-12,15-16,19-20,36H2,1H3,(H,37,40)/t22?,23?,26-,27?,31-/m0/s1. The Kier molecular flexibility index (Phi) is 11.1. The van der Waals surface area contributed by atoms with Gasteiger partial charge in [-0.15, -0.1) is 0 Å². The highest BCUT2D eigenvalue weighted by atomic mass is 19.1. The SMILES string of the molecule is CCCC(=O)OCOC(=O)c1cc2cc(NC(=O)[C@@H]3[C@H](C4CCCCC4)CCN3C(=O)C3CCC(C(N)CF)CC3)ccc2o1. The molecule has 1 saturated heterocycles. The minimum absolute atomic E-state index is 0.0227. The number of alkyl halides is 1. The number of halogens is 1. The van der Waals surface area contributed by atoms with E-state index < -0.39 is 37.5 Å². The van der Waals surface area contributed by atoms with Crippen molar-refractivity contribution in [2.24, 2.45) is 29.4 Å². The second-order valence-corrected chi connectivity index (χ2v) is 12.9. The Morgan fingerprint density at radius 1 is 1.02 bits per heavy atom. The van der Waals surface area contributed by atoms with Gasteiger partial charge in [0.1, 0.15) is 18.3 Å². The van der Waals surface area contributed by atoms with Crippen molar-refractivity contribution in [2.45, 2.75) is 96.1 Å². The molecule has 246 valence electrons. The third-order valence-electron chi connectivity index (χ3n) is 10.0. The Labute approximate surface area is 263 Å². The van der Waals surface area contributed by atoms with Crippen molar-refractivity contribution in [3.63, 3.8) is 0 Å². The van der Waals surface area contributed by atoms with Crippen molar-refractivity contribution < 1.29 is 37.5 Å². The number of anilines is 1. The molecule has 2 saturated carbocycles. The van der Waals surface area contributed by atoms with Crippen molar-refractivity contribution in [1.29, 1.82) is 0 Å². The summed E-state index contributed by atoms with van der Waals surface area (Å²) in [6.07, 6.45) is 10.1. The summed E-state index contributed by atoms with van der Waals surface area (Å²) < 4.78 is 28.7. The Morgan fingerprint density at radius 3 is 2.49 bits per heavy atom. The molecule has 11 heteroatoms. The summed E-state index contributed by atoms with van der Waals surface area (Å²) in [6, 6.07) is 5.57. The van der Waals surface area contributed by atoms with Gasteiger partial charge in [0.25, 0.3) is 0 Å². The molecular weight excluding hydrogens is 581 g/mol. The molecule has 3 fully saturated rings. The number of nitrogens with one attached hydrogen (secondary N) is 1. The lowest BCUT2D eigenvalue weighted by Gasteiger charge is -2.36. The maximum atomic E-state index is 14.0. The maximum absolute atomic E-state index is 14.0. The lowest BCUT2D eigenvalue weighted by atomic mass is 9.76. The van der Waals surface area contributed by atoms with Gasteiger partial charge in [0.2, 0.25) is 24.4 Å². The summed E-state index contributed by atoms with van der Waals surface area (Å²) in [5.41, 5.74) is 6.91. The minimum atomic E-state index is -0.766. The molecule has 1 aromatic carbocycles. The number of carbonyl (C=O) groups excluding carboxylic acids is 4. The number of fused-ring (bicyclic) bond motifs is 1. The molecule has 10 nitrogen and oxygen atoms in total. The second kappa shape index (κ2) is 15.2. The summed E-state index contributed by atoms with van der Waals surface area (Å²) in [7, 11) is 0. The highest BCUT2D eigenvalue weighted by molar-refractivity contribution is 6.00. The predicted molar refractivity (Wildman–Crippen MR) is 166 cm³/mol. The topological polar surface area (TPSA) is 141 Å². The van der Waals surface area contributed by atoms with Crippen molar-refractivity contribution in [3.8, 4) is 0 Å². The van der Waals surface area contributed by atoms with E-state index in [1.165, 1.54) is 12.5 Å². The average Bonchev–Trinajstić information content (AvgIpc) is 3.70. The molecule has 0 bridgehead atoms. The number of likely N-dealkylation sites (tertiary alicyclic amines) is 1. The van der Waals surface area contributed by atoms with Gasteiger partial charge in [0.05, 0.1) is 0 Å². The fraction of sp³-hybridized carbons (Fsp3) is 0.647. The molecule has 2 amide bonds. The zero-order valence-electron chi connectivity index (χ0n) is 26.1. The van der Waals surface area contributed by atoms with E-state index in [9.17, 15) is 23.6 Å². The van der Waals surface area contributed by atoms with E-state index in [-0.39, 0.29) is 41.7 Å². The molecule has 3 N–H and O–H groups in total. The minimum Gasteiger partial charge on any atom is -0.449 e. The molecule has 2 aliphatic carbocycles. The van der Waals surface area contributed by atoms with E-state index in [4.69, 9.17) is 19.6 Å². The average molecular weight is 628 g/mol. The highest BCUT2D eigenvalue weighted by Crippen LogP contribution is 2.41. The van der Waals surface area contributed by atoms with Crippen LogP contribution in [-0.2, 0) is 23.9 Å². The van der Waals surface area contributed by atoms with Gasteiger partial charge in [0, 0.05) is 36.0 Å². The number of hydrogen-bond acceptors (Lipinski definition) is 8. The summed E-state index contributed by atoms with van der Waals surface area (Å²) in [5, 5.41) is 3.65. The molecule has 1 unspecified atom stereocenters. The summed E-state index contributed by atoms with van der Waals surface area (Å²) in [6.45, 7) is 1.36. The Bertz CT molecular complexity index is 1350. The third-order valence-corrected chi connectivity index (χ3v) is 10.0. The number of hydrogen-bond donors (Lipinski definition) is 2. The zero-order valence-corrected chi connectivity index (χ0v) is 26.1. The van der Waals surface area contributed by atoms with Gasteiger partial charge in [0.15, 0.2) is 0 Å². The van der Waals surface area contributed by atoms with E-state index in [2.05, 4.69) is 5.32 Å². The lowest BCUT2D eigenvalue weighted by molar-refractivity contribution is -0.152. The van der Waals surface area contributed by atoms with Crippen molar-refractivity contribution >= 4 is 40.4 Å². The first-order valence-electron chi connectivity index (χ1n) is 16.6. The van der Waals surface area contributed by atoms with Gasteiger partial charge < -0.3 is 29.8 Å². The van der Waals surface area contributed by atoms with E-state index in [1.54, 1.807) is 18.2 Å². The van der Waals surface area contributed by atoms with Crippen LogP contribution < -0.4 is 11.1 Å². The number of nitrogens with two attached hydrogens (primary N) is 1. The predicted octanol–water partition coefficient (Wildman–Crippen LogP) is 5.73. The van der Waals surface area contributed by atoms with Crippen LogP contribution in [0.5, 0.6) is 0 Å². The van der Waals surface area contributed by atoms with Gasteiger partial charge in [-0.05, 0) is 80.5 Å². The Morgan fingerprint density at radius 2 is 1.78 bits per heavy atom. The highest BCUT2D eigenvalue weighted by Gasteiger charge is 2.47. The fourth-order valence-electron chi connectivity index (χ4n) is 7.54. The van der Waals surface area contributed by atoms with Crippen LogP contribution in [0.15, 0.2) is 28.7 Å². The molecule has 0 spiro atoms. The van der Waals surface area contributed by atoms with Crippen LogP contribution in [-0.4, -0.2) is 60.7 Å². The van der Waals surface area contributed by atoms with Crippen LogP contribution in [0.3, 0.4) is 0 Å². The quantitative estimate of drug-likeness (QED) is 0.238. The number of furan rings is 1. The van der Waals surface area contributed by atoms with E-state index in [1.807, 2.05) is 11.8 Å². The first-order valence-corrected chi connectivity index (χ1v) is 16.6. The lowest BCUT2D eigenvalue weighted by Crippen LogP contribution is -2.50. The molecule has 5 rings (SSSR count). The van der Waals surface area contributed by atoms with Crippen LogP contribution in [0.25, 0.3) is 11.0 Å². The second-order valence-electron chi connectivity index (χ2n) is 12.9. The molecule has 1 aromatic heterocycles. The Balaban J connectivity index is 1.27. The molecule has 45 heavy (non-hydrogen) atoms. The van der Waals surface area contributed by atoms with Crippen molar-refractivity contribution in [1.82, 2.24) is 4.90 Å². The summed E-state index contributed by atoms with van der Waals surface area (Å²) >= 11 is 0. The zero-order chi connectivity index (χ0) is 31.9. The van der Waals surface area contributed by atoms with Crippen LogP contribution in [0.2, 0.25) is 0 Å². The monoisotopic (exact) mass is 627 g/mol. The van der Waals surface area contributed by atoms with Gasteiger partial charge in [-0.1, -0.05) is 39.0 Å². The summed E-state index contributed by atoms with van der Waals surface area (Å²) in [4.78, 5) is 53.7. The fourth-order valence-corrected chi connectivity index (χ4v) is 7.54. The Hall–Kier alpha value is -3.47. The van der Waals surface area contributed by atoms with Crippen molar-refractivity contribution in [2.75, 3.05) is 25.3 Å². The normalized spacial score (nSPS) is 24.7. The van der Waals surface area contributed by atoms with Crippen LogP contribution in [0.4, 0.5) is 10.1 Å². The molecule has 1 aliphatic heterocycles. The number of ether oxygens (including phenoxy) is 2. The van der Waals surface area contributed by atoms with Crippen LogP contribution in [0.1, 0.15) is 94.5 Å².